The van der Waals surface area contributed by atoms with Crippen LogP contribution >= 0.6 is 0 Å². The summed E-state index contributed by atoms with van der Waals surface area (Å²) in [6, 6.07) is 46.5. The lowest BCUT2D eigenvalue weighted by Crippen LogP contribution is -2.28. The fraction of sp³-hybridized carbons (Fsp3) is 0.105. The molecule has 6 aromatic carbocycles. The van der Waals surface area contributed by atoms with E-state index in [1.54, 1.807) is 12.2 Å². The minimum atomic E-state index is 0.166. The fourth-order valence-corrected chi connectivity index (χ4v) is 10.9. The van der Waals surface area contributed by atoms with Gasteiger partial charge in [-0.15, -0.1) is 6.58 Å². The summed E-state index contributed by atoms with van der Waals surface area (Å²) in [5.74, 6) is 0.400. The number of furan rings is 2. The number of hydrogen-bond donors (Lipinski definition) is 0. The maximum atomic E-state index is 6.43. The van der Waals surface area contributed by atoms with E-state index < -0.39 is 0 Å². The van der Waals surface area contributed by atoms with Gasteiger partial charge in [-0.3, -0.25) is 0 Å². The van der Waals surface area contributed by atoms with E-state index in [4.69, 9.17) is 8.83 Å². The summed E-state index contributed by atoms with van der Waals surface area (Å²) in [6.07, 6.45) is 43.7. The van der Waals surface area contributed by atoms with Crippen molar-refractivity contribution in [2.24, 2.45) is 5.92 Å². The Morgan fingerprint density at radius 1 is 0.688 bits per heavy atom. The largest absolute Gasteiger partial charge is 0.456 e. The van der Waals surface area contributed by atoms with E-state index >= 15 is 0 Å². The van der Waals surface area contributed by atoms with Gasteiger partial charge in [0.2, 0.25) is 0 Å². The number of rotatable bonds is 21. The van der Waals surface area contributed by atoms with Crippen molar-refractivity contribution in [3.63, 3.8) is 0 Å². The SMILES string of the molecule is C=C/C=c1/cccc/c1=C\N(C(=C)/C=C\C(=C)C1=CC=C(N(/C=C/CC(C=C)C2=CCC(c3cccc4c3oc3ccccc34)C=C2)C/C=C\C(=C/C)c2ccc(-c3cccc4c3oc3ccccc34)cc2)CC1)/C(C=C)=C/C=C. The molecule has 4 heteroatoms. The van der Waals surface area contributed by atoms with Crippen LogP contribution in [-0.2, 0) is 0 Å². The third-order valence-electron chi connectivity index (χ3n) is 15.2. The van der Waals surface area contributed by atoms with E-state index in [0.717, 1.165) is 114 Å². The molecule has 0 bridgehead atoms. The first-order valence-electron chi connectivity index (χ1n) is 27.6. The summed E-state index contributed by atoms with van der Waals surface area (Å²) in [5, 5.41) is 6.66. The molecule has 0 amide bonds. The number of benzene rings is 6. The maximum absolute atomic E-state index is 6.43. The van der Waals surface area contributed by atoms with Crippen LogP contribution in [0.2, 0.25) is 0 Å². The predicted molar refractivity (Wildman–Crippen MR) is 342 cm³/mol. The number of nitrogens with zero attached hydrogens (tertiary/aromatic N) is 2. The first-order chi connectivity index (χ1) is 39.3. The highest BCUT2D eigenvalue weighted by atomic mass is 16.3. The molecule has 0 saturated heterocycles. The molecule has 2 heterocycles. The van der Waals surface area contributed by atoms with Crippen molar-refractivity contribution >= 4 is 61.7 Å². The molecule has 0 N–H and O–H groups in total. The zero-order chi connectivity index (χ0) is 55.4. The molecule has 2 atom stereocenters. The van der Waals surface area contributed by atoms with Crippen LogP contribution in [0.1, 0.15) is 49.7 Å². The van der Waals surface area contributed by atoms with Crippen LogP contribution in [0.15, 0.2) is 319 Å². The van der Waals surface area contributed by atoms with Crippen LogP contribution < -0.4 is 10.4 Å². The minimum absolute atomic E-state index is 0.166. The predicted octanol–water partition coefficient (Wildman–Crippen LogP) is 19.0. The number of hydrogen-bond acceptors (Lipinski definition) is 4. The normalized spacial score (nSPS) is 16.0. The fourth-order valence-electron chi connectivity index (χ4n) is 10.9. The lowest BCUT2D eigenvalue weighted by molar-refractivity contribution is 0.486. The molecule has 8 aromatic rings. The summed E-state index contributed by atoms with van der Waals surface area (Å²) in [4.78, 5) is 4.40. The van der Waals surface area contributed by atoms with Gasteiger partial charge in [-0.1, -0.05) is 233 Å². The Labute approximate surface area is 471 Å². The van der Waals surface area contributed by atoms with E-state index in [1.165, 1.54) is 27.8 Å². The summed E-state index contributed by atoms with van der Waals surface area (Å²) in [7, 11) is 0. The van der Waals surface area contributed by atoms with Gasteiger partial charge in [-0.05, 0) is 113 Å². The zero-order valence-corrected chi connectivity index (χ0v) is 45.8. The Morgan fingerprint density at radius 3 is 2.06 bits per heavy atom. The van der Waals surface area contributed by atoms with Gasteiger partial charge < -0.3 is 18.6 Å². The van der Waals surface area contributed by atoms with Gasteiger partial charge in [0.25, 0.3) is 0 Å². The van der Waals surface area contributed by atoms with Crippen LogP contribution in [0.3, 0.4) is 0 Å². The molecule has 4 nitrogen and oxygen atoms in total. The van der Waals surface area contributed by atoms with Gasteiger partial charge in [-0.2, -0.15) is 0 Å². The molecule has 2 aliphatic rings. The molecular weight excluding hydrogens is 973 g/mol. The highest BCUT2D eigenvalue weighted by Crippen LogP contribution is 2.39. The highest BCUT2D eigenvalue weighted by Gasteiger charge is 2.21. The Balaban J connectivity index is 0.874. The topological polar surface area (TPSA) is 32.8 Å². The Hall–Kier alpha value is -9.64. The summed E-state index contributed by atoms with van der Waals surface area (Å²) >= 11 is 0. The molecule has 10 rings (SSSR count). The molecule has 80 heavy (non-hydrogen) atoms. The first-order valence-corrected chi connectivity index (χ1v) is 27.6. The molecule has 2 aromatic heterocycles. The van der Waals surface area contributed by atoms with Crippen LogP contribution in [-0.4, -0.2) is 16.3 Å². The highest BCUT2D eigenvalue weighted by molar-refractivity contribution is 6.09. The molecule has 2 unspecified atom stereocenters. The monoisotopic (exact) mass is 1040 g/mol. The Morgan fingerprint density at radius 2 is 1.39 bits per heavy atom. The number of allylic oxidation sites excluding steroid dienone is 20. The van der Waals surface area contributed by atoms with E-state index in [9.17, 15) is 0 Å². The standard InChI is InChI=1S/C76H68N2O2/c1-8-23-59-25-13-14-26-64(59)53-78(65(12-5)24-9-2)55(7)38-37-54(6)58-47-49-66(50-48-58)77(51-21-27-56(10-3)60-39-43-62(44-40-60)67-31-19-33-71-69-29-15-17-35-73(69)79-75(67)71)52-22-28-57(11-4)61-41-45-63(46-42-61)68-32-20-34-72-70-30-16-18-36-74(70)80-76(68)72/h8-26,28-43,45-47,49,51,53,56,62H,1-3,5-7,27,44,48,50,52H2,4H3/b28-22-,38-37-,51-21+,57-11+,59-23-,64-53+,65-24+. The van der Waals surface area contributed by atoms with E-state index in [-0.39, 0.29) is 11.8 Å². The third kappa shape index (κ3) is 11.8. The quantitative estimate of drug-likeness (QED) is 0.0530. The lowest BCUT2D eigenvalue weighted by Gasteiger charge is -2.26. The van der Waals surface area contributed by atoms with Crippen molar-refractivity contribution < 1.29 is 8.83 Å². The summed E-state index contributed by atoms with van der Waals surface area (Å²) in [5.41, 5.74) is 15.7. The van der Waals surface area contributed by atoms with Crippen molar-refractivity contribution in [1.29, 1.82) is 0 Å². The molecule has 0 spiro atoms. The van der Waals surface area contributed by atoms with Gasteiger partial charge in [0.15, 0.2) is 0 Å². The van der Waals surface area contributed by atoms with Crippen LogP contribution in [0, 0.1) is 5.92 Å². The van der Waals surface area contributed by atoms with Crippen molar-refractivity contribution in [3.8, 4) is 11.1 Å². The Kier molecular flexibility index (Phi) is 16.9. The number of para-hydroxylation sites is 4. The van der Waals surface area contributed by atoms with E-state index in [2.05, 4.69) is 234 Å². The van der Waals surface area contributed by atoms with Crippen LogP contribution in [0.25, 0.3) is 72.9 Å². The molecule has 0 saturated carbocycles. The molecule has 0 fully saturated rings. The van der Waals surface area contributed by atoms with Gasteiger partial charge in [0.05, 0.1) is 0 Å². The van der Waals surface area contributed by atoms with Gasteiger partial charge in [0.1, 0.15) is 22.3 Å². The van der Waals surface area contributed by atoms with E-state index in [0.29, 0.717) is 6.54 Å². The van der Waals surface area contributed by atoms with Crippen LogP contribution in [0.5, 0.6) is 0 Å². The molecule has 0 radical (unpaired) electrons. The second kappa shape index (κ2) is 25.2. The molecule has 2 aliphatic carbocycles. The maximum Gasteiger partial charge on any atom is 0.143 e. The average Bonchev–Trinajstić information content (AvgIpc) is 4.11. The zero-order valence-electron chi connectivity index (χ0n) is 45.8. The average molecular weight is 1040 g/mol. The van der Waals surface area contributed by atoms with Crippen molar-refractivity contribution in [2.45, 2.75) is 38.5 Å². The van der Waals surface area contributed by atoms with Gasteiger partial charge >= 0.3 is 0 Å². The molecule has 0 aliphatic heterocycles. The second-order valence-electron chi connectivity index (χ2n) is 20.1. The number of fused-ring (bicyclic) bond motifs is 6. The van der Waals surface area contributed by atoms with E-state index in [1.807, 2.05) is 59.5 Å². The smallest absolute Gasteiger partial charge is 0.143 e. The third-order valence-corrected chi connectivity index (χ3v) is 15.2. The molecule has 394 valence electrons. The van der Waals surface area contributed by atoms with Gasteiger partial charge in [-0.25, -0.2) is 0 Å². The molecular formula is C76H68N2O2. The first kappa shape index (κ1) is 53.7. The summed E-state index contributed by atoms with van der Waals surface area (Å²) in [6.45, 7) is 28.1. The Bertz CT molecular complexity index is 4130. The van der Waals surface area contributed by atoms with Crippen LogP contribution in [0.4, 0.5) is 0 Å². The van der Waals surface area contributed by atoms with Crippen molar-refractivity contribution in [1.82, 2.24) is 9.80 Å². The second-order valence-corrected chi connectivity index (χ2v) is 20.1. The summed E-state index contributed by atoms with van der Waals surface area (Å²) < 4.78 is 12.8. The van der Waals surface area contributed by atoms with Gasteiger partial charge in [0, 0.05) is 80.5 Å². The lowest BCUT2D eigenvalue weighted by atomic mass is 9.84. The van der Waals surface area contributed by atoms with Crippen molar-refractivity contribution in [2.75, 3.05) is 6.54 Å². The van der Waals surface area contributed by atoms with Crippen molar-refractivity contribution in [3.05, 3.63) is 332 Å². The minimum Gasteiger partial charge on any atom is -0.456 e.